The first kappa shape index (κ1) is 20.3. The molecule has 0 aliphatic carbocycles. The molecule has 0 radical (unpaired) electrons. The van der Waals surface area contributed by atoms with Gasteiger partial charge in [-0.2, -0.15) is 11.8 Å². The Kier molecular flexibility index (Phi) is 8.44. The minimum atomic E-state index is -0.597. The third kappa shape index (κ3) is 6.35. The Morgan fingerprint density at radius 2 is 2.04 bits per heavy atom. The van der Waals surface area contributed by atoms with Crippen LogP contribution in [-0.4, -0.2) is 41.4 Å². The standard InChI is InChI=1S/C19H22ClN3O2S/c1-26-12-9-17(23-18(24)15-6-2-3-7-16(15)20)19(25)22-11-8-14-5-4-10-21-13-14/h2-7,10,13,17H,8-9,11-12H2,1H3,(H,22,25)(H,23,24). The number of carbonyl (C=O) groups is 2. The number of benzene rings is 1. The summed E-state index contributed by atoms with van der Waals surface area (Å²) in [5.74, 6) is 0.233. The van der Waals surface area contributed by atoms with Crippen LogP contribution in [0.4, 0.5) is 0 Å². The molecular weight excluding hydrogens is 370 g/mol. The topological polar surface area (TPSA) is 71.1 Å². The predicted octanol–water partition coefficient (Wildman–Crippen LogP) is 2.95. The van der Waals surface area contributed by atoms with Gasteiger partial charge in [0.25, 0.3) is 5.91 Å². The number of thioether (sulfide) groups is 1. The maximum Gasteiger partial charge on any atom is 0.253 e. The van der Waals surface area contributed by atoms with E-state index < -0.39 is 6.04 Å². The van der Waals surface area contributed by atoms with Crippen molar-refractivity contribution >= 4 is 35.2 Å². The molecule has 1 atom stereocenters. The molecule has 5 nitrogen and oxygen atoms in total. The number of hydrogen-bond acceptors (Lipinski definition) is 4. The number of carbonyl (C=O) groups excluding carboxylic acids is 2. The van der Waals surface area contributed by atoms with Crippen LogP contribution in [0.2, 0.25) is 5.02 Å². The zero-order valence-corrected chi connectivity index (χ0v) is 16.1. The number of aromatic nitrogens is 1. The fourth-order valence-electron chi connectivity index (χ4n) is 2.39. The Balaban J connectivity index is 1.93. The van der Waals surface area contributed by atoms with Gasteiger partial charge in [-0.1, -0.05) is 29.8 Å². The van der Waals surface area contributed by atoms with Gasteiger partial charge >= 0.3 is 0 Å². The van der Waals surface area contributed by atoms with E-state index in [-0.39, 0.29) is 11.8 Å². The molecule has 2 N–H and O–H groups in total. The molecule has 1 aromatic heterocycles. The Hall–Kier alpha value is -2.05. The summed E-state index contributed by atoms with van der Waals surface area (Å²) in [6, 6.07) is 10.0. The molecule has 1 unspecified atom stereocenters. The molecule has 0 aliphatic rings. The highest BCUT2D eigenvalue weighted by Gasteiger charge is 2.21. The highest BCUT2D eigenvalue weighted by atomic mass is 35.5. The van der Waals surface area contributed by atoms with Gasteiger partial charge in [-0.05, 0) is 48.6 Å². The Labute approximate surface area is 162 Å². The monoisotopic (exact) mass is 391 g/mol. The molecule has 2 amide bonds. The average molecular weight is 392 g/mol. The van der Waals surface area contributed by atoms with Crippen LogP contribution in [0.5, 0.6) is 0 Å². The van der Waals surface area contributed by atoms with Gasteiger partial charge in [-0.3, -0.25) is 14.6 Å². The molecule has 138 valence electrons. The average Bonchev–Trinajstić information content (AvgIpc) is 2.66. The summed E-state index contributed by atoms with van der Waals surface area (Å²) in [4.78, 5) is 29.0. The number of pyridine rings is 1. The van der Waals surface area contributed by atoms with E-state index in [1.54, 1.807) is 48.4 Å². The van der Waals surface area contributed by atoms with Crippen molar-refractivity contribution in [2.45, 2.75) is 18.9 Å². The molecular formula is C19H22ClN3O2S. The Morgan fingerprint density at radius 3 is 2.73 bits per heavy atom. The van der Waals surface area contributed by atoms with Crippen molar-refractivity contribution in [3.05, 3.63) is 64.9 Å². The van der Waals surface area contributed by atoms with E-state index in [1.165, 1.54) is 0 Å². The van der Waals surface area contributed by atoms with E-state index in [1.807, 2.05) is 18.4 Å². The minimum Gasteiger partial charge on any atom is -0.354 e. The Bertz CT molecular complexity index is 728. The van der Waals surface area contributed by atoms with Gasteiger partial charge in [0, 0.05) is 18.9 Å². The molecule has 2 rings (SSSR count). The van der Waals surface area contributed by atoms with Gasteiger partial charge < -0.3 is 10.6 Å². The van der Waals surface area contributed by atoms with Crippen LogP contribution in [0.25, 0.3) is 0 Å². The van der Waals surface area contributed by atoms with Crippen molar-refractivity contribution in [2.75, 3.05) is 18.6 Å². The lowest BCUT2D eigenvalue weighted by Crippen LogP contribution is -2.47. The molecule has 0 fully saturated rings. The van der Waals surface area contributed by atoms with Crippen molar-refractivity contribution < 1.29 is 9.59 Å². The lowest BCUT2D eigenvalue weighted by atomic mass is 10.1. The first-order chi connectivity index (χ1) is 12.6. The highest BCUT2D eigenvalue weighted by molar-refractivity contribution is 7.98. The highest BCUT2D eigenvalue weighted by Crippen LogP contribution is 2.15. The van der Waals surface area contributed by atoms with E-state index in [0.717, 1.165) is 11.3 Å². The zero-order chi connectivity index (χ0) is 18.8. The van der Waals surface area contributed by atoms with Crippen LogP contribution in [0.1, 0.15) is 22.3 Å². The summed E-state index contributed by atoms with van der Waals surface area (Å²) in [7, 11) is 0. The van der Waals surface area contributed by atoms with Crippen LogP contribution >= 0.6 is 23.4 Å². The lowest BCUT2D eigenvalue weighted by molar-refractivity contribution is -0.122. The van der Waals surface area contributed by atoms with Crippen LogP contribution < -0.4 is 10.6 Å². The molecule has 0 saturated carbocycles. The van der Waals surface area contributed by atoms with Gasteiger partial charge in [0.1, 0.15) is 6.04 Å². The van der Waals surface area contributed by atoms with Crippen LogP contribution in [0, 0.1) is 0 Å². The molecule has 7 heteroatoms. The number of nitrogens with one attached hydrogen (secondary N) is 2. The van der Waals surface area contributed by atoms with Crippen molar-refractivity contribution in [3.63, 3.8) is 0 Å². The number of amides is 2. The first-order valence-electron chi connectivity index (χ1n) is 8.32. The van der Waals surface area contributed by atoms with Crippen LogP contribution in [-0.2, 0) is 11.2 Å². The van der Waals surface area contributed by atoms with Crippen molar-refractivity contribution in [2.24, 2.45) is 0 Å². The maximum atomic E-state index is 12.5. The summed E-state index contributed by atoms with van der Waals surface area (Å²) >= 11 is 7.69. The molecule has 26 heavy (non-hydrogen) atoms. The molecule has 1 aromatic carbocycles. The second kappa shape index (κ2) is 10.8. The van der Waals surface area contributed by atoms with E-state index in [4.69, 9.17) is 11.6 Å². The van der Waals surface area contributed by atoms with Gasteiger partial charge in [0.15, 0.2) is 0 Å². The number of halogens is 1. The molecule has 0 aliphatic heterocycles. The summed E-state index contributed by atoms with van der Waals surface area (Å²) in [5.41, 5.74) is 1.42. The fraction of sp³-hybridized carbons (Fsp3) is 0.316. The van der Waals surface area contributed by atoms with Gasteiger partial charge in [-0.15, -0.1) is 0 Å². The third-order valence-corrected chi connectivity index (χ3v) is 4.76. The molecule has 2 aromatic rings. The lowest BCUT2D eigenvalue weighted by Gasteiger charge is -2.18. The third-order valence-electron chi connectivity index (χ3n) is 3.79. The van der Waals surface area contributed by atoms with E-state index in [9.17, 15) is 9.59 Å². The number of rotatable bonds is 9. The summed E-state index contributed by atoms with van der Waals surface area (Å²) in [5, 5.41) is 6.05. The summed E-state index contributed by atoms with van der Waals surface area (Å²) in [6.07, 6.45) is 6.69. The van der Waals surface area contributed by atoms with Gasteiger partial charge in [-0.25, -0.2) is 0 Å². The molecule has 1 heterocycles. The second-order valence-corrected chi connectivity index (χ2v) is 7.08. The second-order valence-electron chi connectivity index (χ2n) is 5.69. The Morgan fingerprint density at radius 1 is 1.23 bits per heavy atom. The van der Waals surface area contributed by atoms with Crippen molar-refractivity contribution in [1.29, 1.82) is 0 Å². The van der Waals surface area contributed by atoms with Crippen LogP contribution in [0.15, 0.2) is 48.8 Å². The zero-order valence-electron chi connectivity index (χ0n) is 14.6. The van der Waals surface area contributed by atoms with Crippen molar-refractivity contribution in [1.82, 2.24) is 15.6 Å². The largest absolute Gasteiger partial charge is 0.354 e. The first-order valence-corrected chi connectivity index (χ1v) is 10.1. The fourth-order valence-corrected chi connectivity index (χ4v) is 3.08. The SMILES string of the molecule is CSCCC(NC(=O)c1ccccc1Cl)C(=O)NCCc1cccnc1. The quantitative estimate of drug-likeness (QED) is 0.689. The van der Waals surface area contributed by atoms with E-state index >= 15 is 0 Å². The normalized spacial score (nSPS) is 11.6. The molecule has 0 bridgehead atoms. The smallest absolute Gasteiger partial charge is 0.253 e. The summed E-state index contributed by atoms with van der Waals surface area (Å²) < 4.78 is 0. The van der Waals surface area contributed by atoms with Gasteiger partial charge in [0.05, 0.1) is 10.6 Å². The minimum absolute atomic E-state index is 0.191. The predicted molar refractivity (Wildman–Crippen MR) is 107 cm³/mol. The number of hydrogen-bond donors (Lipinski definition) is 2. The molecule has 0 saturated heterocycles. The number of nitrogens with zero attached hydrogens (tertiary/aromatic N) is 1. The van der Waals surface area contributed by atoms with E-state index in [0.29, 0.717) is 30.0 Å². The van der Waals surface area contributed by atoms with Crippen LogP contribution in [0.3, 0.4) is 0 Å². The van der Waals surface area contributed by atoms with Gasteiger partial charge in [0.2, 0.25) is 5.91 Å². The van der Waals surface area contributed by atoms with E-state index in [2.05, 4.69) is 15.6 Å². The molecule has 0 spiro atoms. The van der Waals surface area contributed by atoms with Crippen molar-refractivity contribution in [3.8, 4) is 0 Å². The summed E-state index contributed by atoms with van der Waals surface area (Å²) in [6.45, 7) is 0.488. The maximum absolute atomic E-state index is 12.5.